The van der Waals surface area contributed by atoms with Gasteiger partial charge in [-0.15, -0.1) is 0 Å². The summed E-state index contributed by atoms with van der Waals surface area (Å²) in [7, 11) is 0. The molecule has 1 aliphatic carbocycles. The van der Waals surface area contributed by atoms with Gasteiger partial charge < -0.3 is 0 Å². The topological polar surface area (TPSA) is 33.2 Å². The van der Waals surface area contributed by atoms with E-state index < -0.39 is 0 Å². The molecule has 1 aromatic carbocycles. The number of fused-ring (bicyclic) bond motifs is 2. The first-order valence-corrected chi connectivity index (χ1v) is 7.13. The van der Waals surface area contributed by atoms with Crippen LogP contribution in [0.15, 0.2) is 24.3 Å². The van der Waals surface area contributed by atoms with Crippen molar-refractivity contribution < 1.29 is 9.18 Å². The van der Waals surface area contributed by atoms with Crippen LogP contribution in [0, 0.1) is 11.7 Å². The highest BCUT2D eigenvalue weighted by Crippen LogP contribution is 2.34. The van der Waals surface area contributed by atoms with Crippen molar-refractivity contribution in [3.63, 3.8) is 0 Å². The molecule has 2 heterocycles. The average molecular weight is 270 g/mol. The van der Waals surface area contributed by atoms with Crippen LogP contribution in [0.2, 0.25) is 0 Å². The van der Waals surface area contributed by atoms with Crippen LogP contribution in [-0.4, -0.2) is 17.4 Å². The number of hydrogen-bond acceptors (Lipinski definition) is 2. The number of amides is 1. The van der Waals surface area contributed by atoms with Gasteiger partial charge in [-0.1, -0.05) is 6.42 Å². The molecule has 0 radical (unpaired) electrons. The van der Waals surface area contributed by atoms with E-state index in [1.54, 1.807) is 11.0 Å². The monoisotopic (exact) mass is 270 g/mol. The molecule has 1 saturated carbocycles. The molecular formula is C16H15FN2O. The minimum absolute atomic E-state index is 0.172. The van der Waals surface area contributed by atoms with Crippen molar-refractivity contribution in [3.05, 3.63) is 35.6 Å². The number of carbonyl (C=O) groups excluding carboxylic acids is 1. The molecule has 0 saturated heterocycles. The lowest BCUT2D eigenvalue weighted by atomic mass is 9.84. The Hall–Kier alpha value is -1.97. The molecule has 3 nitrogen and oxygen atoms in total. The average Bonchev–Trinajstić information content (AvgIpc) is 2.76. The molecule has 2 aliphatic rings. The predicted octanol–water partition coefficient (Wildman–Crippen LogP) is 3.06. The lowest BCUT2D eigenvalue weighted by Gasteiger charge is -2.28. The Balaban J connectivity index is 1.77. The van der Waals surface area contributed by atoms with Crippen molar-refractivity contribution in [2.75, 3.05) is 11.4 Å². The number of anilines is 1. The zero-order chi connectivity index (χ0) is 13.7. The Bertz CT molecular complexity index is 709. The first-order chi connectivity index (χ1) is 9.72. The summed E-state index contributed by atoms with van der Waals surface area (Å²) in [5.41, 5.74) is 1.72. The molecule has 2 aromatic rings. The number of pyridine rings is 1. The molecule has 102 valence electrons. The van der Waals surface area contributed by atoms with Crippen LogP contribution < -0.4 is 4.90 Å². The maximum atomic E-state index is 13.3. The van der Waals surface area contributed by atoms with E-state index in [-0.39, 0.29) is 17.6 Å². The van der Waals surface area contributed by atoms with Gasteiger partial charge in [0.05, 0.1) is 5.52 Å². The largest absolute Gasteiger partial charge is 0.296 e. The van der Waals surface area contributed by atoms with Crippen LogP contribution in [0.1, 0.15) is 24.8 Å². The lowest BCUT2D eigenvalue weighted by molar-refractivity contribution is -0.124. The van der Waals surface area contributed by atoms with Crippen molar-refractivity contribution in [2.45, 2.75) is 25.7 Å². The number of rotatable bonds is 1. The van der Waals surface area contributed by atoms with E-state index in [9.17, 15) is 9.18 Å². The van der Waals surface area contributed by atoms with Crippen molar-refractivity contribution in [1.29, 1.82) is 0 Å². The molecule has 4 heteroatoms. The van der Waals surface area contributed by atoms with Gasteiger partial charge in [0.25, 0.3) is 0 Å². The van der Waals surface area contributed by atoms with Gasteiger partial charge in [0.15, 0.2) is 0 Å². The van der Waals surface area contributed by atoms with E-state index >= 15 is 0 Å². The fraction of sp³-hybridized carbons (Fsp3) is 0.375. The number of halogens is 1. The van der Waals surface area contributed by atoms with Crippen LogP contribution in [0.3, 0.4) is 0 Å². The second-order valence-corrected chi connectivity index (χ2v) is 5.68. The summed E-state index contributed by atoms with van der Waals surface area (Å²) in [6.45, 7) is 0.705. The van der Waals surface area contributed by atoms with Crippen molar-refractivity contribution in [1.82, 2.24) is 4.98 Å². The summed E-state index contributed by atoms with van der Waals surface area (Å²) in [5.74, 6) is 0.809. The Labute approximate surface area is 116 Å². The predicted molar refractivity (Wildman–Crippen MR) is 75.1 cm³/mol. The van der Waals surface area contributed by atoms with Gasteiger partial charge in [-0.3, -0.25) is 9.69 Å². The summed E-state index contributed by atoms with van der Waals surface area (Å²) in [5, 5.41) is 0.933. The number of nitrogens with zero attached hydrogens (tertiary/aromatic N) is 2. The van der Waals surface area contributed by atoms with Crippen LogP contribution in [0.4, 0.5) is 10.2 Å². The quantitative estimate of drug-likeness (QED) is 0.798. The summed E-state index contributed by atoms with van der Waals surface area (Å²) in [4.78, 5) is 18.7. The standard InChI is InChI=1S/C16H15FN2O/c17-13-5-4-11-8-12-6-7-19(15(12)18-14(11)9-13)16(20)10-2-1-3-10/h4-5,8-10H,1-3,6-7H2. The van der Waals surface area contributed by atoms with Gasteiger partial charge in [0.2, 0.25) is 5.91 Å². The molecule has 1 fully saturated rings. The van der Waals surface area contributed by atoms with Crippen LogP contribution >= 0.6 is 0 Å². The van der Waals surface area contributed by atoms with Gasteiger partial charge in [-0.05, 0) is 43.0 Å². The maximum Gasteiger partial charge on any atom is 0.231 e. The van der Waals surface area contributed by atoms with Crippen molar-refractivity contribution in [2.24, 2.45) is 5.92 Å². The number of aromatic nitrogens is 1. The first-order valence-electron chi connectivity index (χ1n) is 7.13. The second kappa shape index (κ2) is 4.27. The normalized spacial score (nSPS) is 18.1. The Morgan fingerprint density at radius 2 is 2.15 bits per heavy atom. The Morgan fingerprint density at radius 1 is 1.30 bits per heavy atom. The fourth-order valence-electron chi connectivity index (χ4n) is 3.02. The molecular weight excluding hydrogens is 255 g/mol. The molecule has 4 rings (SSSR count). The van der Waals surface area contributed by atoms with Gasteiger partial charge in [-0.25, -0.2) is 9.37 Å². The highest BCUT2D eigenvalue weighted by molar-refractivity contribution is 5.98. The Morgan fingerprint density at radius 3 is 2.90 bits per heavy atom. The highest BCUT2D eigenvalue weighted by atomic mass is 19.1. The molecule has 0 unspecified atom stereocenters. The minimum Gasteiger partial charge on any atom is -0.296 e. The Kier molecular flexibility index (Phi) is 2.52. The lowest BCUT2D eigenvalue weighted by Crippen LogP contribution is -2.38. The van der Waals surface area contributed by atoms with Gasteiger partial charge in [0, 0.05) is 23.9 Å². The van der Waals surface area contributed by atoms with Crippen LogP contribution in [0.25, 0.3) is 10.9 Å². The molecule has 1 aromatic heterocycles. The van der Waals surface area contributed by atoms with E-state index in [0.717, 1.165) is 42.5 Å². The van der Waals surface area contributed by atoms with E-state index in [1.807, 2.05) is 6.07 Å². The van der Waals surface area contributed by atoms with Crippen molar-refractivity contribution >= 4 is 22.6 Å². The third-order valence-electron chi connectivity index (χ3n) is 4.42. The zero-order valence-corrected chi connectivity index (χ0v) is 11.1. The summed E-state index contributed by atoms with van der Waals surface area (Å²) in [6.07, 6.45) is 3.97. The number of hydrogen-bond donors (Lipinski definition) is 0. The third kappa shape index (κ3) is 1.71. The van der Waals surface area contributed by atoms with Crippen LogP contribution in [0.5, 0.6) is 0 Å². The van der Waals surface area contributed by atoms with E-state index in [1.165, 1.54) is 12.1 Å². The SMILES string of the molecule is O=C(C1CCC1)N1CCc2cc3ccc(F)cc3nc21. The smallest absolute Gasteiger partial charge is 0.231 e. The van der Waals surface area contributed by atoms with E-state index in [4.69, 9.17) is 0 Å². The molecule has 0 bridgehead atoms. The van der Waals surface area contributed by atoms with Gasteiger partial charge >= 0.3 is 0 Å². The summed E-state index contributed by atoms with van der Waals surface area (Å²) in [6, 6.07) is 6.65. The van der Waals surface area contributed by atoms with Gasteiger partial charge in [-0.2, -0.15) is 0 Å². The number of benzene rings is 1. The molecule has 0 atom stereocenters. The molecule has 1 amide bonds. The highest BCUT2D eigenvalue weighted by Gasteiger charge is 2.34. The second-order valence-electron chi connectivity index (χ2n) is 5.68. The van der Waals surface area contributed by atoms with Crippen LogP contribution in [-0.2, 0) is 11.2 Å². The summed E-state index contributed by atoms with van der Waals surface area (Å²) < 4.78 is 13.3. The fourth-order valence-corrected chi connectivity index (χ4v) is 3.02. The molecule has 20 heavy (non-hydrogen) atoms. The van der Waals surface area contributed by atoms with Gasteiger partial charge in [0.1, 0.15) is 11.6 Å². The summed E-state index contributed by atoms with van der Waals surface area (Å²) >= 11 is 0. The zero-order valence-electron chi connectivity index (χ0n) is 11.1. The van der Waals surface area contributed by atoms with E-state index in [2.05, 4.69) is 4.98 Å². The molecule has 0 N–H and O–H groups in total. The van der Waals surface area contributed by atoms with Crippen molar-refractivity contribution in [3.8, 4) is 0 Å². The maximum absolute atomic E-state index is 13.3. The first kappa shape index (κ1) is 11.8. The molecule has 1 aliphatic heterocycles. The number of carbonyl (C=O) groups is 1. The molecule has 0 spiro atoms. The minimum atomic E-state index is -0.292. The van der Waals surface area contributed by atoms with E-state index in [0.29, 0.717) is 12.1 Å². The third-order valence-corrected chi connectivity index (χ3v) is 4.42.